The summed E-state index contributed by atoms with van der Waals surface area (Å²) in [7, 11) is 0. The lowest BCUT2D eigenvalue weighted by Gasteiger charge is -2.19. The Kier molecular flexibility index (Phi) is 3.23. The van der Waals surface area contributed by atoms with Gasteiger partial charge in [0.05, 0.1) is 22.4 Å². The summed E-state index contributed by atoms with van der Waals surface area (Å²) in [5.41, 5.74) is 0.764. The number of nitro benzene ring substituents is 1. The van der Waals surface area contributed by atoms with Crippen LogP contribution in [0.4, 0.5) is 11.4 Å². The number of fused-ring (bicyclic) bond motifs is 1. The minimum absolute atomic E-state index is 0.0667. The average Bonchev–Trinajstić information content (AvgIpc) is 2.72. The van der Waals surface area contributed by atoms with E-state index < -0.39 is 4.92 Å². The number of carbonyl (C=O) groups excluding carboxylic acids is 2. The second-order valence-electron chi connectivity index (χ2n) is 5.74. The predicted octanol–water partition coefficient (Wildman–Crippen LogP) is 2.58. The van der Waals surface area contributed by atoms with E-state index in [4.69, 9.17) is 0 Å². The highest BCUT2D eigenvalue weighted by Gasteiger charge is 2.48. The topological polar surface area (TPSA) is 80.5 Å². The first kappa shape index (κ1) is 13.7. The van der Waals surface area contributed by atoms with E-state index in [1.54, 1.807) is 19.1 Å². The van der Waals surface area contributed by atoms with Gasteiger partial charge in [0.2, 0.25) is 11.8 Å². The summed E-state index contributed by atoms with van der Waals surface area (Å²) in [6.45, 7) is 1.63. The standard InChI is InChI=1S/C15H16N2O4/c1-9-6-7-10(8-13(9)17(20)21)16-14(18)11-4-2-3-5-12(11)15(16)19/h6-8,11-12H,2-5H2,1H3. The molecule has 0 radical (unpaired) electrons. The Morgan fingerprint density at radius 2 is 1.71 bits per heavy atom. The molecule has 1 heterocycles. The van der Waals surface area contributed by atoms with Crippen LogP contribution in [0.15, 0.2) is 18.2 Å². The molecule has 0 spiro atoms. The molecule has 110 valence electrons. The molecule has 0 N–H and O–H groups in total. The molecule has 3 rings (SSSR count). The SMILES string of the molecule is Cc1ccc(N2C(=O)C3CCCCC3C2=O)cc1[N+](=O)[O-]. The van der Waals surface area contributed by atoms with Gasteiger partial charge in [-0.3, -0.25) is 19.7 Å². The van der Waals surface area contributed by atoms with E-state index in [0.717, 1.165) is 30.6 Å². The van der Waals surface area contributed by atoms with Gasteiger partial charge in [-0.25, -0.2) is 4.90 Å². The van der Waals surface area contributed by atoms with E-state index in [1.807, 2.05) is 0 Å². The molecule has 1 saturated heterocycles. The number of amides is 2. The van der Waals surface area contributed by atoms with Gasteiger partial charge in [-0.2, -0.15) is 0 Å². The third kappa shape index (κ3) is 2.11. The molecule has 2 aliphatic rings. The van der Waals surface area contributed by atoms with Crippen molar-refractivity contribution in [1.29, 1.82) is 0 Å². The first-order valence-electron chi connectivity index (χ1n) is 7.13. The van der Waals surface area contributed by atoms with Gasteiger partial charge < -0.3 is 0 Å². The summed E-state index contributed by atoms with van der Waals surface area (Å²) in [5.74, 6) is -0.899. The predicted molar refractivity (Wildman–Crippen MR) is 75.8 cm³/mol. The van der Waals surface area contributed by atoms with Crippen LogP contribution in [0.2, 0.25) is 0 Å². The van der Waals surface area contributed by atoms with Gasteiger partial charge in [-0.1, -0.05) is 18.9 Å². The Labute approximate surface area is 121 Å². The second kappa shape index (κ2) is 4.95. The Morgan fingerprint density at radius 1 is 1.14 bits per heavy atom. The van der Waals surface area contributed by atoms with Crippen LogP contribution in [-0.2, 0) is 9.59 Å². The number of carbonyl (C=O) groups is 2. The molecule has 1 aromatic carbocycles. The van der Waals surface area contributed by atoms with Crippen molar-refractivity contribution in [1.82, 2.24) is 0 Å². The lowest BCUT2D eigenvalue weighted by molar-refractivity contribution is -0.385. The van der Waals surface area contributed by atoms with E-state index in [0.29, 0.717) is 11.3 Å². The molecular weight excluding hydrogens is 272 g/mol. The minimum Gasteiger partial charge on any atom is -0.274 e. The second-order valence-corrected chi connectivity index (χ2v) is 5.74. The van der Waals surface area contributed by atoms with Gasteiger partial charge >= 0.3 is 0 Å². The number of rotatable bonds is 2. The zero-order valence-electron chi connectivity index (χ0n) is 11.7. The fourth-order valence-electron chi connectivity index (χ4n) is 3.35. The summed E-state index contributed by atoms with van der Waals surface area (Å²) in [6, 6.07) is 4.51. The molecule has 0 aromatic heterocycles. The Hall–Kier alpha value is -2.24. The molecule has 2 fully saturated rings. The Balaban J connectivity index is 2.00. The molecule has 1 aliphatic heterocycles. The fraction of sp³-hybridized carbons (Fsp3) is 0.467. The van der Waals surface area contributed by atoms with Gasteiger partial charge in [0.25, 0.3) is 5.69 Å². The van der Waals surface area contributed by atoms with E-state index in [2.05, 4.69) is 0 Å². The van der Waals surface area contributed by atoms with Crippen LogP contribution in [-0.4, -0.2) is 16.7 Å². The molecule has 6 nitrogen and oxygen atoms in total. The van der Waals surface area contributed by atoms with Gasteiger partial charge in [0.15, 0.2) is 0 Å². The van der Waals surface area contributed by atoms with E-state index in [-0.39, 0.29) is 29.3 Å². The van der Waals surface area contributed by atoms with Crippen molar-refractivity contribution in [2.24, 2.45) is 11.8 Å². The minimum atomic E-state index is -0.489. The van der Waals surface area contributed by atoms with Crippen LogP contribution < -0.4 is 4.90 Å². The number of hydrogen-bond donors (Lipinski definition) is 0. The smallest absolute Gasteiger partial charge is 0.274 e. The largest absolute Gasteiger partial charge is 0.274 e. The average molecular weight is 288 g/mol. The quantitative estimate of drug-likeness (QED) is 0.476. The van der Waals surface area contributed by atoms with Crippen molar-refractivity contribution < 1.29 is 14.5 Å². The van der Waals surface area contributed by atoms with Crippen molar-refractivity contribution in [3.05, 3.63) is 33.9 Å². The van der Waals surface area contributed by atoms with Crippen molar-refractivity contribution in [3.8, 4) is 0 Å². The highest BCUT2D eigenvalue weighted by Crippen LogP contribution is 2.40. The number of imide groups is 1. The van der Waals surface area contributed by atoms with Crippen LogP contribution in [0.3, 0.4) is 0 Å². The summed E-state index contributed by atoms with van der Waals surface area (Å²) >= 11 is 0. The molecule has 2 unspecified atom stereocenters. The van der Waals surface area contributed by atoms with Crippen LogP contribution in [0.25, 0.3) is 0 Å². The number of hydrogen-bond acceptors (Lipinski definition) is 4. The lowest BCUT2D eigenvalue weighted by atomic mass is 9.81. The van der Waals surface area contributed by atoms with E-state index in [9.17, 15) is 19.7 Å². The summed E-state index contributed by atoms with van der Waals surface area (Å²) < 4.78 is 0. The van der Waals surface area contributed by atoms with E-state index in [1.165, 1.54) is 6.07 Å². The monoisotopic (exact) mass is 288 g/mol. The molecule has 2 atom stereocenters. The zero-order chi connectivity index (χ0) is 15.1. The maximum absolute atomic E-state index is 12.5. The third-order valence-electron chi connectivity index (χ3n) is 4.49. The van der Waals surface area contributed by atoms with Gasteiger partial charge in [0, 0.05) is 11.6 Å². The first-order chi connectivity index (χ1) is 10.0. The highest BCUT2D eigenvalue weighted by atomic mass is 16.6. The van der Waals surface area contributed by atoms with Crippen molar-refractivity contribution in [3.63, 3.8) is 0 Å². The number of aryl methyl sites for hydroxylation is 1. The zero-order valence-corrected chi connectivity index (χ0v) is 11.7. The van der Waals surface area contributed by atoms with Crippen molar-refractivity contribution >= 4 is 23.2 Å². The molecule has 21 heavy (non-hydrogen) atoms. The van der Waals surface area contributed by atoms with E-state index >= 15 is 0 Å². The van der Waals surface area contributed by atoms with Crippen LogP contribution >= 0.6 is 0 Å². The summed E-state index contributed by atoms with van der Waals surface area (Å²) in [4.78, 5) is 36.6. The maximum atomic E-state index is 12.5. The summed E-state index contributed by atoms with van der Waals surface area (Å²) in [5, 5.41) is 11.0. The van der Waals surface area contributed by atoms with Crippen molar-refractivity contribution in [2.45, 2.75) is 32.6 Å². The Morgan fingerprint density at radius 3 is 2.24 bits per heavy atom. The molecular formula is C15H16N2O4. The fourth-order valence-corrected chi connectivity index (χ4v) is 3.35. The molecule has 1 aromatic rings. The van der Waals surface area contributed by atoms with Crippen LogP contribution in [0, 0.1) is 28.9 Å². The highest BCUT2D eigenvalue weighted by molar-refractivity contribution is 6.22. The lowest BCUT2D eigenvalue weighted by Crippen LogP contribution is -2.30. The number of nitro groups is 1. The number of benzene rings is 1. The molecule has 6 heteroatoms. The van der Waals surface area contributed by atoms with Crippen LogP contribution in [0.1, 0.15) is 31.2 Å². The third-order valence-corrected chi connectivity index (χ3v) is 4.49. The number of anilines is 1. The van der Waals surface area contributed by atoms with Crippen molar-refractivity contribution in [2.75, 3.05) is 4.90 Å². The van der Waals surface area contributed by atoms with Gasteiger partial charge in [0.1, 0.15) is 0 Å². The molecule has 1 saturated carbocycles. The first-order valence-corrected chi connectivity index (χ1v) is 7.13. The molecule has 1 aliphatic carbocycles. The number of nitrogens with zero attached hydrogens (tertiary/aromatic N) is 2. The normalized spacial score (nSPS) is 25.1. The Bertz CT molecular complexity index is 617. The molecule has 2 amide bonds. The summed E-state index contributed by atoms with van der Waals surface area (Å²) in [6.07, 6.45) is 3.39. The van der Waals surface area contributed by atoms with Crippen LogP contribution in [0.5, 0.6) is 0 Å². The molecule has 0 bridgehead atoms. The maximum Gasteiger partial charge on any atom is 0.274 e. The van der Waals surface area contributed by atoms with Gasteiger partial charge in [-0.15, -0.1) is 0 Å². The van der Waals surface area contributed by atoms with Gasteiger partial charge in [-0.05, 0) is 25.8 Å².